The fourth-order valence-corrected chi connectivity index (χ4v) is 8.42. The van der Waals surface area contributed by atoms with Gasteiger partial charge in [0.2, 0.25) is 23.6 Å². The first-order valence-corrected chi connectivity index (χ1v) is 15.5. The number of amides is 4. The minimum absolute atomic E-state index is 0.0133. The summed E-state index contributed by atoms with van der Waals surface area (Å²) in [6.45, 7) is 4.89. The number of hydrogen-bond acceptors (Lipinski definition) is 6. The molecule has 2 aliphatic carbocycles. The molecule has 4 amide bonds. The Morgan fingerprint density at radius 1 is 0.935 bits per heavy atom. The average molecular weight is 641 g/mol. The molecule has 2 aliphatic heterocycles. The van der Waals surface area contributed by atoms with Crippen LogP contribution in [0.1, 0.15) is 54.1 Å². The largest absolute Gasteiger partial charge is 0.507 e. The molecule has 6 atom stereocenters. The number of para-hydroxylation sites is 1. The number of nitrogens with zero attached hydrogens (tertiary/aromatic N) is 2. The molecule has 1 saturated carbocycles. The lowest BCUT2D eigenvalue weighted by Gasteiger charge is -2.49. The van der Waals surface area contributed by atoms with E-state index in [0.29, 0.717) is 22.4 Å². The van der Waals surface area contributed by atoms with Crippen molar-refractivity contribution in [1.82, 2.24) is 0 Å². The van der Waals surface area contributed by atoms with Crippen molar-refractivity contribution >= 4 is 52.4 Å². The number of allylic oxidation sites excluding steroid dienone is 2. The predicted molar refractivity (Wildman–Crippen MR) is 168 cm³/mol. The number of aromatic hydroxyl groups is 1. The molecule has 7 rings (SSSR count). The van der Waals surface area contributed by atoms with Crippen molar-refractivity contribution < 1.29 is 33.5 Å². The number of anilines is 2. The Labute approximate surface area is 269 Å². The molecule has 234 valence electrons. The van der Waals surface area contributed by atoms with E-state index in [2.05, 4.69) is 0 Å². The van der Waals surface area contributed by atoms with Gasteiger partial charge in [0, 0.05) is 17.0 Å². The number of carbonyl (C=O) groups is 5. The topological polar surface area (TPSA) is 112 Å². The van der Waals surface area contributed by atoms with Crippen LogP contribution in [0.5, 0.6) is 5.75 Å². The SMILES string of the molecule is CC(=O)c1ccc(N2C(=O)C3CC=C4C(CC5C(=O)N(c6ccc(F)c(Cl)c6)C(=O)C5(C)C4c4cccc(C)c4O)C3C2=O)cc1. The molecule has 46 heavy (non-hydrogen) atoms. The number of ketones is 1. The van der Waals surface area contributed by atoms with E-state index in [0.717, 1.165) is 21.4 Å². The van der Waals surface area contributed by atoms with E-state index >= 15 is 0 Å². The number of hydrogen-bond donors (Lipinski definition) is 1. The van der Waals surface area contributed by atoms with Gasteiger partial charge in [0.1, 0.15) is 11.6 Å². The molecule has 8 nitrogen and oxygen atoms in total. The molecule has 0 radical (unpaired) electrons. The monoisotopic (exact) mass is 640 g/mol. The number of halogens is 2. The highest BCUT2D eigenvalue weighted by atomic mass is 35.5. The van der Waals surface area contributed by atoms with Crippen LogP contribution in [-0.2, 0) is 19.2 Å². The summed E-state index contributed by atoms with van der Waals surface area (Å²) >= 11 is 6.06. The third-order valence-electron chi connectivity index (χ3n) is 10.5. The van der Waals surface area contributed by atoms with Crippen molar-refractivity contribution in [3.63, 3.8) is 0 Å². The molecule has 2 heterocycles. The fraction of sp³-hybridized carbons (Fsp3) is 0.306. The predicted octanol–water partition coefficient (Wildman–Crippen LogP) is 6.13. The van der Waals surface area contributed by atoms with Crippen LogP contribution in [0.25, 0.3) is 0 Å². The van der Waals surface area contributed by atoms with Gasteiger partial charge in [-0.25, -0.2) is 9.29 Å². The summed E-state index contributed by atoms with van der Waals surface area (Å²) in [5.41, 5.74) is 1.34. The van der Waals surface area contributed by atoms with E-state index in [1.807, 2.05) is 6.08 Å². The summed E-state index contributed by atoms with van der Waals surface area (Å²) in [5, 5.41) is 11.1. The van der Waals surface area contributed by atoms with E-state index in [4.69, 9.17) is 11.6 Å². The van der Waals surface area contributed by atoms with Crippen molar-refractivity contribution in [3.8, 4) is 5.75 Å². The molecule has 0 bridgehead atoms. The number of fused-ring (bicyclic) bond motifs is 4. The second kappa shape index (κ2) is 10.5. The first-order valence-electron chi connectivity index (χ1n) is 15.2. The second-order valence-corrected chi connectivity index (χ2v) is 13.3. The molecule has 0 aromatic heterocycles. The molecule has 0 spiro atoms. The van der Waals surface area contributed by atoms with Crippen LogP contribution in [0.2, 0.25) is 5.02 Å². The van der Waals surface area contributed by atoms with Crippen LogP contribution < -0.4 is 9.80 Å². The third-order valence-corrected chi connectivity index (χ3v) is 10.8. The highest BCUT2D eigenvalue weighted by molar-refractivity contribution is 6.32. The number of benzene rings is 3. The zero-order chi connectivity index (χ0) is 32.8. The minimum Gasteiger partial charge on any atom is -0.507 e. The summed E-state index contributed by atoms with van der Waals surface area (Å²) in [6, 6.07) is 15.2. The Kier molecular flexibility index (Phi) is 6.83. The Morgan fingerprint density at radius 2 is 1.63 bits per heavy atom. The number of carbonyl (C=O) groups excluding carboxylic acids is 5. The Morgan fingerprint density at radius 3 is 2.30 bits per heavy atom. The van der Waals surface area contributed by atoms with Crippen molar-refractivity contribution in [1.29, 1.82) is 0 Å². The normalized spacial score (nSPS) is 28.6. The summed E-state index contributed by atoms with van der Waals surface area (Å²) in [4.78, 5) is 70.8. The van der Waals surface area contributed by atoms with Gasteiger partial charge in [-0.15, -0.1) is 0 Å². The number of imide groups is 2. The van der Waals surface area contributed by atoms with Crippen LogP contribution in [0, 0.1) is 41.8 Å². The van der Waals surface area contributed by atoms with Gasteiger partial charge >= 0.3 is 0 Å². The molecule has 3 aromatic rings. The maximum Gasteiger partial charge on any atom is 0.241 e. The van der Waals surface area contributed by atoms with Crippen LogP contribution in [0.15, 0.2) is 72.3 Å². The van der Waals surface area contributed by atoms with Crippen molar-refractivity contribution in [3.05, 3.63) is 99.8 Å². The summed E-state index contributed by atoms with van der Waals surface area (Å²) in [6.07, 6.45) is 2.27. The summed E-state index contributed by atoms with van der Waals surface area (Å²) < 4.78 is 14.1. The van der Waals surface area contributed by atoms with Gasteiger partial charge in [0.15, 0.2) is 5.78 Å². The van der Waals surface area contributed by atoms with E-state index in [1.54, 1.807) is 56.3 Å². The van der Waals surface area contributed by atoms with Crippen molar-refractivity contribution in [2.45, 2.75) is 39.5 Å². The molecule has 1 N–H and O–H groups in total. The zero-order valence-corrected chi connectivity index (χ0v) is 26.0. The number of Topliss-reactive ketones (excluding diaryl/α,β-unsaturated/α-hetero) is 1. The number of rotatable bonds is 4. The molecule has 4 aliphatic rings. The summed E-state index contributed by atoms with van der Waals surface area (Å²) in [5.74, 6) is -6.40. The Balaban J connectivity index is 1.36. The molecule has 3 fully saturated rings. The third kappa shape index (κ3) is 4.07. The van der Waals surface area contributed by atoms with E-state index < -0.39 is 58.5 Å². The minimum atomic E-state index is -1.37. The van der Waals surface area contributed by atoms with Gasteiger partial charge in [-0.3, -0.25) is 28.9 Å². The van der Waals surface area contributed by atoms with Crippen molar-refractivity contribution in [2.75, 3.05) is 9.80 Å². The zero-order valence-electron chi connectivity index (χ0n) is 25.3. The van der Waals surface area contributed by atoms with E-state index in [-0.39, 0.29) is 41.0 Å². The van der Waals surface area contributed by atoms with Gasteiger partial charge < -0.3 is 5.11 Å². The number of phenols is 1. The lowest BCUT2D eigenvalue weighted by atomic mass is 9.51. The van der Waals surface area contributed by atoms with Gasteiger partial charge in [0.05, 0.1) is 39.6 Å². The van der Waals surface area contributed by atoms with Crippen molar-refractivity contribution in [2.24, 2.45) is 29.1 Å². The molecular formula is C36H30ClFN2O6. The lowest BCUT2D eigenvalue weighted by Crippen LogP contribution is -2.49. The quantitative estimate of drug-likeness (QED) is 0.209. The Bertz CT molecular complexity index is 1920. The molecule has 10 heteroatoms. The molecule has 2 saturated heterocycles. The standard InChI is InChI=1S/C36H30ClFN2O6/c1-17-5-4-6-24(31(17)42)30-22-12-13-23-29(34(45)39(32(23)43)20-9-7-19(8-10-20)18(2)41)25(22)16-26-33(44)40(35(46)36(26,30)3)21-11-14-28(38)27(37)15-21/h4-12,14-15,23,25-26,29-30,42H,13,16H2,1-3H3. The van der Waals surface area contributed by atoms with Gasteiger partial charge in [-0.05, 0) is 87.6 Å². The van der Waals surface area contributed by atoms with Crippen LogP contribution in [0.3, 0.4) is 0 Å². The van der Waals surface area contributed by atoms with Gasteiger partial charge in [-0.1, -0.05) is 41.4 Å². The number of aryl methyl sites for hydroxylation is 1. The molecule has 6 unspecified atom stereocenters. The van der Waals surface area contributed by atoms with Gasteiger partial charge in [-0.2, -0.15) is 0 Å². The highest BCUT2D eigenvalue weighted by Gasteiger charge is 2.68. The molecule has 3 aromatic carbocycles. The second-order valence-electron chi connectivity index (χ2n) is 12.9. The van der Waals surface area contributed by atoms with Crippen LogP contribution in [-0.4, -0.2) is 34.5 Å². The highest BCUT2D eigenvalue weighted by Crippen LogP contribution is 2.64. The Hall–Kier alpha value is -4.63. The smallest absolute Gasteiger partial charge is 0.241 e. The van der Waals surface area contributed by atoms with E-state index in [9.17, 15) is 33.5 Å². The maximum atomic E-state index is 14.5. The lowest BCUT2D eigenvalue weighted by molar-refractivity contribution is -0.131. The first-order chi connectivity index (χ1) is 21.9. The van der Waals surface area contributed by atoms with Gasteiger partial charge in [0.25, 0.3) is 0 Å². The first kappa shape index (κ1) is 30.0. The summed E-state index contributed by atoms with van der Waals surface area (Å²) in [7, 11) is 0. The molecular weight excluding hydrogens is 611 g/mol. The van der Waals surface area contributed by atoms with E-state index in [1.165, 1.54) is 19.1 Å². The average Bonchev–Trinajstić information content (AvgIpc) is 3.40. The van der Waals surface area contributed by atoms with Crippen LogP contribution in [0.4, 0.5) is 15.8 Å². The fourth-order valence-electron chi connectivity index (χ4n) is 8.24. The maximum absolute atomic E-state index is 14.5. The van der Waals surface area contributed by atoms with Crippen LogP contribution >= 0.6 is 11.6 Å². The number of phenolic OH excluding ortho intramolecular Hbond substituents is 1.